The van der Waals surface area contributed by atoms with Crippen LogP contribution in [-0.4, -0.2) is 16.1 Å². The first kappa shape index (κ1) is 10.7. The van der Waals surface area contributed by atoms with Crippen LogP contribution in [0.4, 0.5) is 0 Å². The molecule has 1 heterocycles. The Morgan fingerprint density at radius 3 is 2.93 bits per heavy atom. The maximum absolute atomic E-state index is 10.6. The van der Waals surface area contributed by atoms with Crippen LogP contribution in [0.25, 0.3) is 0 Å². The van der Waals surface area contributed by atoms with Gasteiger partial charge in [-0.2, -0.15) is 5.26 Å². The topological polar surface area (TPSA) is 74.0 Å². The molecule has 0 aromatic carbocycles. The molecule has 4 nitrogen and oxygen atoms in total. The molecule has 14 heavy (non-hydrogen) atoms. The Kier molecular flexibility index (Phi) is 3.60. The molecule has 0 saturated heterocycles. The lowest BCUT2D eigenvalue weighted by Crippen LogP contribution is -2.14. The Bertz CT molecular complexity index is 387. The van der Waals surface area contributed by atoms with Crippen molar-refractivity contribution >= 4 is 21.9 Å². The Morgan fingerprint density at radius 1 is 1.71 bits per heavy atom. The second-order valence-electron chi connectivity index (χ2n) is 2.68. The van der Waals surface area contributed by atoms with Crippen LogP contribution in [0.3, 0.4) is 0 Å². The van der Waals surface area contributed by atoms with Gasteiger partial charge >= 0.3 is 5.97 Å². The van der Waals surface area contributed by atoms with Gasteiger partial charge < -0.3 is 5.11 Å². The fourth-order valence-electron chi connectivity index (χ4n) is 0.961. The lowest BCUT2D eigenvalue weighted by molar-refractivity contribution is -0.139. The Balaban J connectivity index is 2.78. The van der Waals surface area contributed by atoms with Crippen molar-refractivity contribution < 1.29 is 9.90 Å². The van der Waals surface area contributed by atoms with Crippen LogP contribution in [-0.2, 0) is 11.2 Å². The fourth-order valence-corrected chi connectivity index (χ4v) is 1.34. The summed E-state index contributed by atoms with van der Waals surface area (Å²) in [6.45, 7) is 0. The van der Waals surface area contributed by atoms with Crippen LogP contribution < -0.4 is 0 Å². The van der Waals surface area contributed by atoms with Crippen molar-refractivity contribution in [3.63, 3.8) is 0 Å². The zero-order valence-electron chi connectivity index (χ0n) is 7.14. The van der Waals surface area contributed by atoms with Gasteiger partial charge in [0.15, 0.2) is 0 Å². The molecule has 0 radical (unpaired) electrons. The van der Waals surface area contributed by atoms with Crippen LogP contribution in [0.5, 0.6) is 0 Å². The first-order chi connectivity index (χ1) is 6.63. The molecule has 1 unspecified atom stereocenters. The van der Waals surface area contributed by atoms with Gasteiger partial charge in [0.05, 0.1) is 6.07 Å². The first-order valence-corrected chi connectivity index (χ1v) is 4.66. The number of carboxylic acids is 1. The van der Waals surface area contributed by atoms with Gasteiger partial charge in [0.2, 0.25) is 0 Å². The predicted octanol–water partition coefficient (Wildman–Crippen LogP) is 1.61. The maximum atomic E-state index is 10.6. The number of rotatable bonds is 3. The number of carbonyl (C=O) groups is 1. The number of halogens is 1. The molecule has 0 aliphatic carbocycles. The van der Waals surface area contributed by atoms with Gasteiger partial charge in [-0.3, -0.25) is 4.79 Å². The number of aromatic nitrogens is 1. The van der Waals surface area contributed by atoms with E-state index < -0.39 is 11.9 Å². The Hall–Kier alpha value is -1.41. The van der Waals surface area contributed by atoms with Gasteiger partial charge in [-0.05, 0) is 28.1 Å². The Morgan fingerprint density at radius 2 is 2.43 bits per heavy atom. The summed E-state index contributed by atoms with van der Waals surface area (Å²) in [7, 11) is 0. The quantitative estimate of drug-likeness (QED) is 0.832. The predicted molar refractivity (Wildman–Crippen MR) is 52.4 cm³/mol. The molecule has 0 spiro atoms. The molecular formula is C9H7BrN2O2. The molecule has 0 amide bonds. The minimum Gasteiger partial charge on any atom is -0.480 e. The molecule has 1 aromatic heterocycles. The van der Waals surface area contributed by atoms with Gasteiger partial charge in [-0.15, -0.1) is 0 Å². The van der Waals surface area contributed by atoms with Crippen molar-refractivity contribution in [1.82, 2.24) is 4.98 Å². The van der Waals surface area contributed by atoms with Crippen LogP contribution in [0.1, 0.15) is 5.69 Å². The van der Waals surface area contributed by atoms with E-state index in [4.69, 9.17) is 10.4 Å². The number of hydrogen-bond donors (Lipinski definition) is 1. The fraction of sp³-hybridized carbons (Fsp3) is 0.222. The molecule has 0 aliphatic rings. The summed E-state index contributed by atoms with van der Waals surface area (Å²) in [5.41, 5.74) is 0.591. The van der Waals surface area contributed by atoms with E-state index in [2.05, 4.69) is 20.9 Å². The number of hydrogen-bond acceptors (Lipinski definition) is 3. The summed E-state index contributed by atoms with van der Waals surface area (Å²) >= 11 is 3.17. The summed E-state index contributed by atoms with van der Waals surface area (Å²) < 4.78 is 0.636. The third-order valence-electron chi connectivity index (χ3n) is 1.64. The average Bonchev–Trinajstić information content (AvgIpc) is 2.14. The highest BCUT2D eigenvalue weighted by Gasteiger charge is 2.17. The summed E-state index contributed by atoms with van der Waals surface area (Å²) in [4.78, 5) is 14.6. The van der Waals surface area contributed by atoms with E-state index in [1.54, 1.807) is 24.3 Å². The first-order valence-electron chi connectivity index (χ1n) is 3.87. The van der Waals surface area contributed by atoms with Crippen molar-refractivity contribution in [3.8, 4) is 6.07 Å². The molecule has 0 bridgehead atoms. The zero-order valence-corrected chi connectivity index (χ0v) is 8.73. The second kappa shape index (κ2) is 4.72. The molecule has 0 saturated carbocycles. The normalized spacial score (nSPS) is 11.7. The molecular weight excluding hydrogens is 248 g/mol. The van der Waals surface area contributed by atoms with Crippen LogP contribution in [0, 0.1) is 17.2 Å². The molecule has 1 rings (SSSR count). The van der Waals surface area contributed by atoms with Crippen molar-refractivity contribution in [2.24, 2.45) is 5.92 Å². The third kappa shape index (κ3) is 2.82. The smallest absolute Gasteiger partial charge is 0.321 e. The van der Waals surface area contributed by atoms with Gasteiger partial charge in [-0.25, -0.2) is 4.98 Å². The van der Waals surface area contributed by atoms with Gasteiger partial charge in [0.25, 0.3) is 0 Å². The van der Waals surface area contributed by atoms with Crippen LogP contribution in [0.2, 0.25) is 0 Å². The third-order valence-corrected chi connectivity index (χ3v) is 2.08. The van der Waals surface area contributed by atoms with Crippen LogP contribution in [0.15, 0.2) is 22.8 Å². The van der Waals surface area contributed by atoms with E-state index in [0.29, 0.717) is 10.3 Å². The molecule has 1 aromatic rings. The Labute approximate surface area is 89.3 Å². The number of nitriles is 1. The summed E-state index contributed by atoms with van der Waals surface area (Å²) in [6.07, 6.45) is 0.130. The van der Waals surface area contributed by atoms with E-state index in [1.165, 1.54) is 0 Å². The van der Waals surface area contributed by atoms with Crippen molar-refractivity contribution in [2.45, 2.75) is 6.42 Å². The second-order valence-corrected chi connectivity index (χ2v) is 3.49. The SMILES string of the molecule is N#CC(Cc1cccc(Br)n1)C(=O)O. The van der Waals surface area contributed by atoms with E-state index in [-0.39, 0.29) is 6.42 Å². The molecule has 1 N–H and O–H groups in total. The number of nitrogens with zero attached hydrogens (tertiary/aromatic N) is 2. The number of aliphatic carboxylic acids is 1. The summed E-state index contributed by atoms with van der Waals surface area (Å²) in [5.74, 6) is -2.15. The van der Waals surface area contributed by atoms with Crippen molar-refractivity contribution in [2.75, 3.05) is 0 Å². The lowest BCUT2D eigenvalue weighted by atomic mass is 10.1. The van der Waals surface area contributed by atoms with E-state index >= 15 is 0 Å². The lowest BCUT2D eigenvalue weighted by Gasteiger charge is -2.02. The minimum absolute atomic E-state index is 0.130. The molecule has 1 atom stereocenters. The number of carboxylic acid groups (broad SMARTS) is 1. The highest BCUT2D eigenvalue weighted by Crippen LogP contribution is 2.10. The zero-order chi connectivity index (χ0) is 10.6. The van der Waals surface area contributed by atoms with Gasteiger partial charge in [0, 0.05) is 12.1 Å². The molecule has 72 valence electrons. The van der Waals surface area contributed by atoms with Gasteiger partial charge in [-0.1, -0.05) is 6.07 Å². The van der Waals surface area contributed by atoms with Gasteiger partial charge in [0.1, 0.15) is 10.5 Å². The van der Waals surface area contributed by atoms with E-state index in [0.717, 1.165) is 0 Å². The highest BCUT2D eigenvalue weighted by atomic mass is 79.9. The molecule has 0 fully saturated rings. The monoisotopic (exact) mass is 254 g/mol. The van der Waals surface area contributed by atoms with Crippen LogP contribution >= 0.6 is 15.9 Å². The highest BCUT2D eigenvalue weighted by molar-refractivity contribution is 9.10. The standard InChI is InChI=1S/C9H7BrN2O2/c10-8-3-1-2-7(12-8)4-6(5-11)9(13)14/h1-3,6H,4H2,(H,13,14). The van der Waals surface area contributed by atoms with E-state index in [9.17, 15) is 4.79 Å². The maximum Gasteiger partial charge on any atom is 0.321 e. The van der Waals surface area contributed by atoms with Crippen molar-refractivity contribution in [1.29, 1.82) is 5.26 Å². The largest absolute Gasteiger partial charge is 0.480 e. The molecule has 5 heteroatoms. The number of pyridine rings is 1. The summed E-state index contributed by atoms with van der Waals surface area (Å²) in [6, 6.07) is 6.90. The van der Waals surface area contributed by atoms with E-state index in [1.807, 2.05) is 0 Å². The van der Waals surface area contributed by atoms with Crippen molar-refractivity contribution in [3.05, 3.63) is 28.5 Å². The average molecular weight is 255 g/mol. The molecule has 0 aliphatic heterocycles. The minimum atomic E-state index is -1.12. The summed E-state index contributed by atoms with van der Waals surface area (Å²) in [5, 5.41) is 17.2.